The van der Waals surface area contributed by atoms with Crippen molar-refractivity contribution in [3.05, 3.63) is 29.6 Å². The molecule has 1 aliphatic heterocycles. The summed E-state index contributed by atoms with van der Waals surface area (Å²) < 4.78 is 19.5. The molecule has 21 heavy (non-hydrogen) atoms. The standard InChI is InChI=1S/C16H25FN2OS/c1-4-18-13(14-11-21-9-8-19(14)2)10-12-6-5-7-15(20-3)16(12)17/h5-7,13-14,18H,4,8-11H2,1-3H3. The SMILES string of the molecule is CCNC(Cc1cccc(OC)c1F)C1CSCCN1C. The van der Waals surface area contributed by atoms with Crippen molar-refractivity contribution in [2.45, 2.75) is 25.4 Å². The normalized spacial score (nSPS) is 21.2. The minimum Gasteiger partial charge on any atom is -0.494 e. The summed E-state index contributed by atoms with van der Waals surface area (Å²) >= 11 is 1.98. The van der Waals surface area contributed by atoms with E-state index in [9.17, 15) is 4.39 Å². The fraction of sp³-hybridized carbons (Fsp3) is 0.625. The molecule has 5 heteroatoms. The predicted octanol–water partition coefficient (Wildman–Crippen LogP) is 2.40. The van der Waals surface area contributed by atoms with Crippen LogP contribution >= 0.6 is 11.8 Å². The highest BCUT2D eigenvalue weighted by atomic mass is 32.2. The number of nitrogens with zero attached hydrogens (tertiary/aromatic N) is 1. The molecule has 2 atom stereocenters. The number of halogens is 1. The minimum absolute atomic E-state index is 0.228. The van der Waals surface area contributed by atoms with Crippen molar-refractivity contribution in [2.75, 3.05) is 38.8 Å². The molecule has 0 amide bonds. The van der Waals surface area contributed by atoms with Gasteiger partial charge in [-0.2, -0.15) is 11.8 Å². The molecule has 0 radical (unpaired) electrons. The maximum absolute atomic E-state index is 14.4. The van der Waals surface area contributed by atoms with E-state index in [4.69, 9.17) is 4.74 Å². The third-order valence-corrected chi connectivity index (χ3v) is 5.13. The van der Waals surface area contributed by atoms with Gasteiger partial charge in [0.25, 0.3) is 0 Å². The van der Waals surface area contributed by atoms with E-state index in [0.29, 0.717) is 18.2 Å². The monoisotopic (exact) mass is 312 g/mol. The van der Waals surface area contributed by atoms with Crippen LogP contribution in [-0.4, -0.2) is 55.7 Å². The Morgan fingerprint density at radius 3 is 3.00 bits per heavy atom. The van der Waals surface area contributed by atoms with Crippen molar-refractivity contribution in [1.82, 2.24) is 10.2 Å². The largest absolute Gasteiger partial charge is 0.494 e. The smallest absolute Gasteiger partial charge is 0.168 e. The Labute approximate surface area is 131 Å². The first-order chi connectivity index (χ1) is 10.2. The zero-order chi connectivity index (χ0) is 15.2. The molecule has 0 aliphatic carbocycles. The number of likely N-dealkylation sites (N-methyl/N-ethyl adjacent to an activating group) is 2. The van der Waals surface area contributed by atoms with Crippen molar-refractivity contribution < 1.29 is 9.13 Å². The summed E-state index contributed by atoms with van der Waals surface area (Å²) in [5, 5.41) is 3.53. The van der Waals surface area contributed by atoms with E-state index in [1.54, 1.807) is 6.07 Å². The molecule has 1 heterocycles. The van der Waals surface area contributed by atoms with Crippen molar-refractivity contribution in [2.24, 2.45) is 0 Å². The zero-order valence-electron chi connectivity index (χ0n) is 13.1. The molecule has 2 unspecified atom stereocenters. The van der Waals surface area contributed by atoms with Crippen LogP contribution in [0.1, 0.15) is 12.5 Å². The molecule has 0 saturated carbocycles. The van der Waals surface area contributed by atoms with Gasteiger partial charge in [-0.05, 0) is 31.6 Å². The van der Waals surface area contributed by atoms with Gasteiger partial charge >= 0.3 is 0 Å². The lowest BCUT2D eigenvalue weighted by molar-refractivity contribution is 0.214. The Morgan fingerprint density at radius 1 is 1.52 bits per heavy atom. The molecule has 118 valence electrons. The first-order valence-corrected chi connectivity index (χ1v) is 8.65. The minimum atomic E-state index is -0.228. The fourth-order valence-corrected chi connectivity index (χ4v) is 4.16. The van der Waals surface area contributed by atoms with E-state index in [0.717, 1.165) is 24.4 Å². The fourth-order valence-electron chi connectivity index (χ4n) is 2.84. The van der Waals surface area contributed by atoms with Crippen LogP contribution in [0, 0.1) is 5.82 Å². The van der Waals surface area contributed by atoms with E-state index in [2.05, 4.69) is 24.2 Å². The third kappa shape index (κ3) is 4.11. The molecule has 1 saturated heterocycles. The van der Waals surface area contributed by atoms with Crippen LogP contribution < -0.4 is 10.1 Å². The number of methoxy groups -OCH3 is 1. The summed E-state index contributed by atoms with van der Waals surface area (Å²) in [7, 11) is 3.67. The molecule has 1 N–H and O–H groups in total. The number of thioether (sulfide) groups is 1. The molecule has 1 aliphatic rings. The topological polar surface area (TPSA) is 24.5 Å². The van der Waals surface area contributed by atoms with Crippen LogP contribution in [-0.2, 0) is 6.42 Å². The molecular formula is C16H25FN2OS. The molecule has 2 rings (SSSR count). The molecule has 3 nitrogen and oxygen atoms in total. The highest BCUT2D eigenvalue weighted by molar-refractivity contribution is 7.99. The summed E-state index contributed by atoms with van der Waals surface area (Å²) in [5.41, 5.74) is 0.726. The number of nitrogens with one attached hydrogen (secondary N) is 1. The van der Waals surface area contributed by atoms with E-state index < -0.39 is 0 Å². The molecular weight excluding hydrogens is 287 g/mol. The van der Waals surface area contributed by atoms with E-state index in [1.807, 2.05) is 23.9 Å². The van der Waals surface area contributed by atoms with Crippen LogP contribution in [0.2, 0.25) is 0 Å². The lowest BCUT2D eigenvalue weighted by atomic mass is 9.98. The molecule has 0 spiro atoms. The maximum Gasteiger partial charge on any atom is 0.168 e. The van der Waals surface area contributed by atoms with Gasteiger partial charge in [0.15, 0.2) is 11.6 Å². The predicted molar refractivity (Wildman–Crippen MR) is 87.9 cm³/mol. The summed E-state index contributed by atoms with van der Waals surface area (Å²) in [4.78, 5) is 2.39. The van der Waals surface area contributed by atoms with Gasteiger partial charge in [0, 0.05) is 30.1 Å². The van der Waals surface area contributed by atoms with Crippen molar-refractivity contribution >= 4 is 11.8 Å². The van der Waals surface area contributed by atoms with Crippen molar-refractivity contribution in [3.8, 4) is 5.75 Å². The highest BCUT2D eigenvalue weighted by Gasteiger charge is 2.28. The summed E-state index contributed by atoms with van der Waals surface area (Å²) in [6.45, 7) is 4.09. The Balaban J connectivity index is 2.15. The van der Waals surface area contributed by atoms with Crippen molar-refractivity contribution in [1.29, 1.82) is 0 Å². The molecule has 0 aromatic heterocycles. The Hall–Kier alpha value is -0.780. The van der Waals surface area contributed by atoms with Gasteiger partial charge in [0.1, 0.15) is 0 Å². The summed E-state index contributed by atoms with van der Waals surface area (Å²) in [6, 6.07) is 6.09. The number of rotatable bonds is 6. The van der Waals surface area contributed by atoms with Crippen LogP contribution in [0.4, 0.5) is 4.39 Å². The van der Waals surface area contributed by atoms with Gasteiger partial charge in [-0.3, -0.25) is 0 Å². The van der Waals surface area contributed by atoms with E-state index >= 15 is 0 Å². The van der Waals surface area contributed by atoms with Crippen LogP contribution in [0.15, 0.2) is 18.2 Å². The lowest BCUT2D eigenvalue weighted by Crippen LogP contribution is -2.53. The second-order valence-electron chi connectivity index (χ2n) is 5.42. The molecule has 1 fully saturated rings. The van der Waals surface area contributed by atoms with E-state index in [1.165, 1.54) is 12.9 Å². The quantitative estimate of drug-likeness (QED) is 0.872. The summed E-state index contributed by atoms with van der Waals surface area (Å²) in [5.74, 6) is 2.38. The number of ether oxygens (including phenoxy) is 1. The van der Waals surface area contributed by atoms with E-state index in [-0.39, 0.29) is 11.9 Å². The molecule has 1 aromatic carbocycles. The van der Waals surface area contributed by atoms with Gasteiger partial charge in [0.05, 0.1) is 7.11 Å². The third-order valence-electron chi connectivity index (χ3n) is 4.08. The van der Waals surface area contributed by atoms with Gasteiger partial charge in [0.2, 0.25) is 0 Å². The molecule has 0 bridgehead atoms. The maximum atomic E-state index is 14.4. The first kappa shape index (κ1) is 16.6. The van der Waals surface area contributed by atoms with Crippen LogP contribution in [0.5, 0.6) is 5.75 Å². The second-order valence-corrected chi connectivity index (χ2v) is 6.57. The van der Waals surface area contributed by atoms with Gasteiger partial charge < -0.3 is 15.0 Å². The van der Waals surface area contributed by atoms with Crippen LogP contribution in [0.25, 0.3) is 0 Å². The Kier molecular flexibility index (Phi) is 6.33. The van der Waals surface area contributed by atoms with Gasteiger partial charge in [-0.1, -0.05) is 19.1 Å². The Morgan fingerprint density at radius 2 is 2.33 bits per heavy atom. The van der Waals surface area contributed by atoms with Crippen LogP contribution in [0.3, 0.4) is 0 Å². The number of benzene rings is 1. The second kappa shape index (κ2) is 8.01. The van der Waals surface area contributed by atoms with Crippen molar-refractivity contribution in [3.63, 3.8) is 0 Å². The lowest BCUT2D eigenvalue weighted by Gasteiger charge is -2.38. The Bertz CT molecular complexity index is 458. The first-order valence-electron chi connectivity index (χ1n) is 7.50. The average molecular weight is 312 g/mol. The highest BCUT2D eigenvalue weighted by Crippen LogP contribution is 2.24. The number of hydrogen-bond acceptors (Lipinski definition) is 4. The zero-order valence-corrected chi connectivity index (χ0v) is 13.9. The average Bonchev–Trinajstić information content (AvgIpc) is 2.49. The summed E-state index contributed by atoms with van der Waals surface area (Å²) in [6.07, 6.45) is 0.687. The van der Waals surface area contributed by atoms with Gasteiger partial charge in [-0.15, -0.1) is 0 Å². The van der Waals surface area contributed by atoms with Gasteiger partial charge in [-0.25, -0.2) is 4.39 Å². The molecule has 1 aromatic rings. The number of hydrogen-bond donors (Lipinski definition) is 1.